The highest BCUT2D eigenvalue weighted by Gasteiger charge is 2.32. The third kappa shape index (κ3) is 5.55. The third-order valence-corrected chi connectivity index (χ3v) is 6.09. The largest absolute Gasteiger partial charge is 0.358 e. The molecule has 2 N–H and O–H groups in total. The highest BCUT2D eigenvalue weighted by atomic mass is 32.2. The van der Waals surface area contributed by atoms with Gasteiger partial charge in [0.05, 0.1) is 18.6 Å². The summed E-state index contributed by atoms with van der Waals surface area (Å²) >= 11 is 0. The molecule has 1 amide bonds. The number of nitrogens with zero attached hydrogens (tertiary/aromatic N) is 1. The van der Waals surface area contributed by atoms with Gasteiger partial charge < -0.3 is 10.3 Å². The lowest BCUT2D eigenvalue weighted by Crippen LogP contribution is -2.25. The van der Waals surface area contributed by atoms with E-state index in [0.29, 0.717) is 24.2 Å². The second kappa shape index (κ2) is 9.29. The number of aromatic amines is 1. The lowest BCUT2D eigenvalue weighted by atomic mass is 9.84. The van der Waals surface area contributed by atoms with Crippen LogP contribution >= 0.6 is 0 Å². The van der Waals surface area contributed by atoms with Crippen LogP contribution in [-0.2, 0) is 31.9 Å². The molecule has 0 bridgehead atoms. The quantitative estimate of drug-likeness (QED) is 0.515. The van der Waals surface area contributed by atoms with Crippen LogP contribution in [0.25, 0.3) is 11.3 Å². The molecule has 1 atom stereocenters. The van der Waals surface area contributed by atoms with Gasteiger partial charge in [0.1, 0.15) is 5.82 Å². The van der Waals surface area contributed by atoms with Crippen LogP contribution in [0.1, 0.15) is 40.5 Å². The van der Waals surface area contributed by atoms with Crippen LogP contribution < -0.4 is 5.32 Å². The van der Waals surface area contributed by atoms with Crippen molar-refractivity contribution >= 4 is 27.6 Å². The number of H-pyrrole nitrogens is 1. The first kappa shape index (κ1) is 22.9. The number of hydrogen-bond acceptors (Lipinski definition) is 6. The Morgan fingerprint density at radius 3 is 2.67 bits per heavy atom. The van der Waals surface area contributed by atoms with Crippen LogP contribution in [0.3, 0.4) is 0 Å². The molecule has 2 heterocycles. The Hall–Kier alpha value is -3.30. The van der Waals surface area contributed by atoms with Gasteiger partial charge in [0.15, 0.2) is 5.78 Å². The summed E-state index contributed by atoms with van der Waals surface area (Å²) in [4.78, 5) is 32.3. The number of anilines is 1. The van der Waals surface area contributed by atoms with Crippen molar-refractivity contribution in [1.29, 1.82) is 0 Å². The van der Waals surface area contributed by atoms with Gasteiger partial charge in [-0.25, -0.2) is 4.98 Å². The maximum Gasteiger partial charge on any atom is 0.264 e. The summed E-state index contributed by atoms with van der Waals surface area (Å²) in [5, 5.41) is 2.69. The molecule has 3 aromatic rings. The number of aromatic nitrogens is 2. The highest BCUT2D eigenvalue weighted by molar-refractivity contribution is 7.85. The number of hydrogen-bond donors (Lipinski definition) is 2. The number of amides is 1. The maximum absolute atomic E-state index is 13.2. The van der Waals surface area contributed by atoms with Crippen LogP contribution in [0.2, 0.25) is 0 Å². The summed E-state index contributed by atoms with van der Waals surface area (Å²) in [5.74, 6) is -0.0751. The molecule has 1 aromatic carbocycles. The Morgan fingerprint density at radius 2 is 1.97 bits per heavy atom. The zero-order chi connectivity index (χ0) is 23.6. The molecule has 0 saturated heterocycles. The molecule has 0 fully saturated rings. The Balaban J connectivity index is 1.75. The average molecular weight is 468 g/mol. The molecule has 0 radical (unpaired) electrons. The molecule has 4 rings (SSSR count). The van der Waals surface area contributed by atoms with Gasteiger partial charge in [-0.15, -0.1) is 0 Å². The van der Waals surface area contributed by atoms with E-state index in [4.69, 9.17) is 4.18 Å². The first-order valence-corrected chi connectivity index (χ1v) is 12.4. The number of fused-ring (bicyclic) bond motifs is 1. The first-order chi connectivity index (χ1) is 15.7. The molecule has 1 unspecified atom stereocenters. The Morgan fingerprint density at radius 1 is 1.21 bits per heavy atom. The lowest BCUT2D eigenvalue weighted by molar-refractivity contribution is -0.114. The van der Waals surface area contributed by atoms with Crippen LogP contribution in [0, 0.1) is 5.92 Å². The van der Waals surface area contributed by atoms with Crippen molar-refractivity contribution in [3.63, 3.8) is 0 Å². The molecular weight excluding hydrogens is 442 g/mol. The second-order valence-electron chi connectivity index (χ2n) is 8.29. The minimum atomic E-state index is -3.58. The van der Waals surface area contributed by atoms with E-state index in [-0.39, 0.29) is 30.6 Å². The average Bonchev–Trinajstić information content (AvgIpc) is 3.11. The molecule has 0 saturated carbocycles. The summed E-state index contributed by atoms with van der Waals surface area (Å²) in [7, 11) is -3.58. The van der Waals surface area contributed by atoms with Crippen LogP contribution in [0.5, 0.6) is 0 Å². The first-order valence-electron chi connectivity index (χ1n) is 10.6. The van der Waals surface area contributed by atoms with Gasteiger partial charge in [0, 0.05) is 42.8 Å². The number of rotatable bonds is 7. The van der Waals surface area contributed by atoms with Gasteiger partial charge in [-0.05, 0) is 35.6 Å². The van der Waals surface area contributed by atoms with Crippen LogP contribution in [-0.4, -0.2) is 42.9 Å². The van der Waals surface area contributed by atoms with E-state index in [1.54, 1.807) is 12.3 Å². The number of nitrogens with one attached hydrogen (secondary N) is 2. The van der Waals surface area contributed by atoms with E-state index < -0.39 is 10.1 Å². The molecule has 1 aliphatic rings. The van der Waals surface area contributed by atoms with Gasteiger partial charge in [-0.2, -0.15) is 8.42 Å². The standard InChI is InChI=1S/C24H25N3O5S/c1-15(28)26-22-13-18(8-9-25-22)24-19(10-16-6-4-3-5-7-16)23-20(27-24)11-17(12-21(23)29)14-32-33(2,30)31/h3-9,13,17,27H,10-12,14H2,1-2H3,(H,25,26,28). The smallest absolute Gasteiger partial charge is 0.264 e. The predicted molar refractivity (Wildman–Crippen MR) is 125 cm³/mol. The number of Topliss-reactive ketones (excluding diaryl/α,β-unsaturated/α-hetero) is 1. The van der Waals surface area contributed by atoms with Gasteiger partial charge in [0.25, 0.3) is 10.1 Å². The van der Waals surface area contributed by atoms with E-state index >= 15 is 0 Å². The van der Waals surface area contributed by atoms with E-state index in [9.17, 15) is 18.0 Å². The third-order valence-electron chi connectivity index (χ3n) is 5.52. The topological polar surface area (TPSA) is 118 Å². The molecule has 9 heteroatoms. The molecule has 33 heavy (non-hydrogen) atoms. The van der Waals surface area contributed by atoms with Gasteiger partial charge in [-0.3, -0.25) is 13.8 Å². The lowest BCUT2D eigenvalue weighted by Gasteiger charge is -2.21. The maximum atomic E-state index is 13.2. The minimum Gasteiger partial charge on any atom is -0.358 e. The Bertz CT molecular complexity index is 1300. The number of benzene rings is 1. The fraction of sp³-hybridized carbons (Fsp3) is 0.292. The molecule has 0 spiro atoms. The summed E-state index contributed by atoms with van der Waals surface area (Å²) in [6.45, 7) is 1.38. The molecular formula is C24H25N3O5S. The van der Waals surface area contributed by atoms with Crippen molar-refractivity contribution in [2.75, 3.05) is 18.2 Å². The van der Waals surface area contributed by atoms with Crippen molar-refractivity contribution in [2.45, 2.75) is 26.2 Å². The fourth-order valence-electron chi connectivity index (χ4n) is 4.21. The Labute approximate surface area is 192 Å². The number of carbonyl (C=O) groups excluding carboxylic acids is 2. The summed E-state index contributed by atoms with van der Waals surface area (Å²) < 4.78 is 27.8. The van der Waals surface area contributed by atoms with E-state index in [1.807, 2.05) is 36.4 Å². The van der Waals surface area contributed by atoms with Gasteiger partial charge in [0.2, 0.25) is 5.91 Å². The number of pyridine rings is 1. The normalized spacial score (nSPS) is 15.8. The van der Waals surface area contributed by atoms with Crippen molar-refractivity contribution in [2.24, 2.45) is 5.92 Å². The summed E-state index contributed by atoms with van der Waals surface area (Å²) in [6, 6.07) is 13.5. The van der Waals surface area contributed by atoms with Crippen molar-refractivity contribution in [3.8, 4) is 11.3 Å². The number of carbonyl (C=O) groups is 2. The minimum absolute atomic E-state index is 0.0334. The predicted octanol–water partition coefficient (Wildman–Crippen LogP) is 3.35. The van der Waals surface area contributed by atoms with Crippen molar-refractivity contribution in [3.05, 3.63) is 71.0 Å². The van der Waals surface area contributed by atoms with Gasteiger partial charge >= 0.3 is 0 Å². The van der Waals surface area contributed by atoms with Gasteiger partial charge in [-0.1, -0.05) is 30.3 Å². The monoisotopic (exact) mass is 467 g/mol. The molecule has 1 aliphatic carbocycles. The van der Waals surface area contributed by atoms with E-state index in [1.165, 1.54) is 6.92 Å². The molecule has 172 valence electrons. The Kier molecular flexibility index (Phi) is 6.44. The van der Waals surface area contributed by atoms with E-state index in [0.717, 1.165) is 34.3 Å². The zero-order valence-electron chi connectivity index (χ0n) is 18.4. The van der Waals surface area contributed by atoms with Crippen molar-refractivity contribution in [1.82, 2.24) is 9.97 Å². The molecule has 8 nitrogen and oxygen atoms in total. The van der Waals surface area contributed by atoms with Crippen molar-refractivity contribution < 1.29 is 22.2 Å². The summed E-state index contributed by atoms with van der Waals surface area (Å²) in [5.41, 5.74) is 4.95. The van der Waals surface area contributed by atoms with E-state index in [2.05, 4.69) is 15.3 Å². The number of ketones is 1. The molecule has 0 aliphatic heterocycles. The summed E-state index contributed by atoms with van der Waals surface area (Å²) in [6.07, 6.45) is 3.88. The highest BCUT2D eigenvalue weighted by Crippen LogP contribution is 2.36. The zero-order valence-corrected chi connectivity index (χ0v) is 19.2. The van der Waals surface area contributed by atoms with Crippen LogP contribution in [0.15, 0.2) is 48.7 Å². The SMILES string of the molecule is CC(=O)Nc1cc(-c2[nH]c3c(c2Cc2ccccc2)C(=O)CC(COS(C)(=O)=O)C3)ccn1. The van der Waals surface area contributed by atoms with Crippen LogP contribution in [0.4, 0.5) is 5.82 Å². The molecule has 2 aromatic heterocycles. The fourth-order valence-corrected chi connectivity index (χ4v) is 4.65. The second-order valence-corrected chi connectivity index (χ2v) is 9.94.